The van der Waals surface area contributed by atoms with Gasteiger partial charge in [-0.2, -0.15) is 18.2 Å². The SMILES string of the molecule is Cc1cc(C(C)CC(=O)O)ccc1-c1noc(-c2ccc(OC(C)C)c(C(F)(F)F)c2)n1. The summed E-state index contributed by atoms with van der Waals surface area (Å²) < 4.78 is 51.1. The molecule has 1 atom stereocenters. The molecule has 0 saturated carbocycles. The molecule has 32 heavy (non-hydrogen) atoms. The molecule has 3 rings (SSSR count). The van der Waals surface area contributed by atoms with E-state index in [1.807, 2.05) is 19.9 Å². The first-order valence-corrected chi connectivity index (χ1v) is 10.0. The first kappa shape index (κ1) is 23.3. The van der Waals surface area contributed by atoms with E-state index < -0.39 is 23.8 Å². The number of nitrogens with zero attached hydrogens (tertiary/aromatic N) is 2. The molecule has 0 amide bonds. The number of hydrogen-bond donors (Lipinski definition) is 1. The molecule has 9 heteroatoms. The lowest BCUT2D eigenvalue weighted by molar-refractivity contribution is -0.139. The minimum absolute atomic E-state index is 0.00318. The zero-order valence-corrected chi connectivity index (χ0v) is 18.0. The Bertz CT molecular complexity index is 1120. The van der Waals surface area contributed by atoms with Crippen LogP contribution in [0.4, 0.5) is 13.2 Å². The lowest BCUT2D eigenvalue weighted by Gasteiger charge is -2.16. The fraction of sp³-hybridized carbons (Fsp3) is 0.348. The van der Waals surface area contributed by atoms with Gasteiger partial charge in [0.2, 0.25) is 5.82 Å². The summed E-state index contributed by atoms with van der Waals surface area (Å²) in [7, 11) is 0. The van der Waals surface area contributed by atoms with Crippen molar-refractivity contribution in [2.45, 2.75) is 52.3 Å². The van der Waals surface area contributed by atoms with Gasteiger partial charge in [-0.1, -0.05) is 30.3 Å². The van der Waals surface area contributed by atoms with Crippen LogP contribution in [0.5, 0.6) is 5.75 Å². The van der Waals surface area contributed by atoms with Gasteiger partial charge in [0.15, 0.2) is 0 Å². The molecular formula is C23H23F3N2O4. The van der Waals surface area contributed by atoms with Crippen molar-refractivity contribution in [1.82, 2.24) is 10.1 Å². The molecular weight excluding hydrogens is 425 g/mol. The van der Waals surface area contributed by atoms with Crippen molar-refractivity contribution < 1.29 is 32.3 Å². The number of benzene rings is 2. The first-order chi connectivity index (χ1) is 15.0. The fourth-order valence-corrected chi connectivity index (χ4v) is 3.32. The highest BCUT2D eigenvalue weighted by Gasteiger charge is 2.35. The van der Waals surface area contributed by atoms with E-state index in [2.05, 4.69) is 10.1 Å². The monoisotopic (exact) mass is 448 g/mol. The van der Waals surface area contributed by atoms with Crippen LogP contribution in [-0.4, -0.2) is 27.3 Å². The second kappa shape index (κ2) is 9.02. The van der Waals surface area contributed by atoms with Gasteiger partial charge in [-0.3, -0.25) is 4.79 Å². The molecule has 0 aliphatic rings. The van der Waals surface area contributed by atoms with Gasteiger partial charge >= 0.3 is 12.1 Å². The molecule has 1 aromatic heterocycles. The van der Waals surface area contributed by atoms with Crippen LogP contribution in [0.15, 0.2) is 40.9 Å². The van der Waals surface area contributed by atoms with Crippen LogP contribution < -0.4 is 4.74 Å². The Morgan fingerprint density at radius 1 is 1.16 bits per heavy atom. The molecule has 0 fully saturated rings. The standard InChI is InChI=1S/C23H23F3N2O4/c1-12(2)31-19-8-6-16(11-18(19)23(24,25)26)22-27-21(28-32-22)17-7-5-15(9-14(17)4)13(3)10-20(29)30/h5-9,11-13H,10H2,1-4H3,(H,29,30). The highest BCUT2D eigenvalue weighted by Crippen LogP contribution is 2.39. The predicted molar refractivity (Wildman–Crippen MR) is 111 cm³/mol. The van der Waals surface area contributed by atoms with Crippen molar-refractivity contribution in [3.05, 3.63) is 53.1 Å². The fourth-order valence-electron chi connectivity index (χ4n) is 3.32. The van der Waals surface area contributed by atoms with Gasteiger partial charge in [0.1, 0.15) is 5.75 Å². The van der Waals surface area contributed by atoms with Gasteiger partial charge in [-0.05, 0) is 56.0 Å². The molecule has 0 bridgehead atoms. The number of aliphatic carboxylic acids is 1. The molecule has 3 aromatic rings. The number of carbonyl (C=O) groups is 1. The van der Waals surface area contributed by atoms with Gasteiger partial charge in [-0.25, -0.2) is 0 Å². The number of aryl methyl sites for hydroxylation is 1. The molecule has 2 aromatic carbocycles. The van der Waals surface area contributed by atoms with Gasteiger partial charge in [0.25, 0.3) is 5.89 Å². The van der Waals surface area contributed by atoms with Crippen molar-refractivity contribution in [2.75, 3.05) is 0 Å². The lowest BCUT2D eigenvalue weighted by Crippen LogP contribution is -2.13. The van der Waals surface area contributed by atoms with Crippen molar-refractivity contribution in [2.24, 2.45) is 0 Å². The average molecular weight is 448 g/mol. The highest BCUT2D eigenvalue weighted by atomic mass is 19.4. The number of carboxylic acids is 1. The summed E-state index contributed by atoms with van der Waals surface area (Å²) in [4.78, 5) is 15.2. The summed E-state index contributed by atoms with van der Waals surface area (Å²) >= 11 is 0. The second-order valence-corrected chi connectivity index (χ2v) is 7.87. The Morgan fingerprint density at radius 3 is 2.47 bits per heavy atom. The third kappa shape index (κ3) is 5.27. The van der Waals surface area contributed by atoms with E-state index in [1.165, 1.54) is 12.1 Å². The van der Waals surface area contributed by atoms with E-state index in [9.17, 15) is 18.0 Å². The number of carboxylic acid groups (broad SMARTS) is 1. The first-order valence-electron chi connectivity index (χ1n) is 10.0. The Labute approximate surface area is 183 Å². The third-order valence-corrected chi connectivity index (χ3v) is 4.86. The van der Waals surface area contributed by atoms with Crippen molar-refractivity contribution in [3.63, 3.8) is 0 Å². The average Bonchev–Trinajstić information content (AvgIpc) is 3.16. The Hall–Kier alpha value is -3.36. The normalized spacial score (nSPS) is 12.8. The zero-order valence-electron chi connectivity index (χ0n) is 18.0. The Kier molecular flexibility index (Phi) is 6.57. The largest absolute Gasteiger partial charge is 0.490 e. The number of halogens is 3. The molecule has 1 unspecified atom stereocenters. The minimum atomic E-state index is -4.61. The molecule has 0 radical (unpaired) electrons. The summed E-state index contributed by atoms with van der Waals surface area (Å²) in [6.07, 6.45) is -5.02. The number of rotatable bonds is 7. The van der Waals surface area contributed by atoms with Crippen molar-refractivity contribution in [1.29, 1.82) is 0 Å². The summed E-state index contributed by atoms with van der Waals surface area (Å²) in [6, 6.07) is 8.99. The third-order valence-electron chi connectivity index (χ3n) is 4.86. The summed E-state index contributed by atoms with van der Waals surface area (Å²) in [5, 5.41) is 12.9. The summed E-state index contributed by atoms with van der Waals surface area (Å²) in [5.41, 5.74) is 1.49. The van der Waals surface area contributed by atoms with E-state index >= 15 is 0 Å². The van der Waals surface area contributed by atoms with Crippen LogP contribution in [0.2, 0.25) is 0 Å². The van der Waals surface area contributed by atoms with Gasteiger partial charge in [0.05, 0.1) is 18.1 Å². The van der Waals surface area contributed by atoms with Crippen LogP contribution in [0.3, 0.4) is 0 Å². The Morgan fingerprint density at radius 2 is 1.88 bits per heavy atom. The molecule has 0 spiro atoms. The maximum atomic E-state index is 13.5. The van der Waals surface area contributed by atoms with Gasteiger partial charge in [0, 0.05) is 11.1 Å². The van der Waals surface area contributed by atoms with Crippen LogP contribution in [0.1, 0.15) is 49.8 Å². The van der Waals surface area contributed by atoms with Gasteiger partial charge < -0.3 is 14.4 Å². The summed E-state index contributed by atoms with van der Waals surface area (Å²) in [5.74, 6) is -1.15. The number of hydrogen-bond acceptors (Lipinski definition) is 5. The summed E-state index contributed by atoms with van der Waals surface area (Å²) in [6.45, 7) is 6.94. The molecule has 0 aliphatic carbocycles. The molecule has 0 aliphatic heterocycles. The van der Waals surface area contributed by atoms with Crippen molar-refractivity contribution in [3.8, 4) is 28.6 Å². The van der Waals surface area contributed by atoms with E-state index in [0.717, 1.165) is 17.2 Å². The van der Waals surface area contributed by atoms with E-state index in [-0.39, 0.29) is 35.4 Å². The zero-order chi connectivity index (χ0) is 23.6. The van der Waals surface area contributed by atoms with Crippen LogP contribution in [-0.2, 0) is 11.0 Å². The topological polar surface area (TPSA) is 85.5 Å². The highest BCUT2D eigenvalue weighted by molar-refractivity contribution is 5.68. The quantitative estimate of drug-likeness (QED) is 0.470. The maximum Gasteiger partial charge on any atom is 0.419 e. The number of ether oxygens (including phenoxy) is 1. The van der Waals surface area contributed by atoms with E-state index in [0.29, 0.717) is 5.56 Å². The Balaban J connectivity index is 1.93. The molecule has 170 valence electrons. The second-order valence-electron chi connectivity index (χ2n) is 7.87. The molecule has 0 saturated heterocycles. The van der Waals surface area contributed by atoms with Gasteiger partial charge in [-0.15, -0.1) is 0 Å². The van der Waals surface area contributed by atoms with Crippen LogP contribution in [0.25, 0.3) is 22.8 Å². The van der Waals surface area contributed by atoms with E-state index in [1.54, 1.807) is 26.0 Å². The predicted octanol–water partition coefficient (Wildman–Crippen LogP) is 6.10. The maximum absolute atomic E-state index is 13.5. The van der Waals surface area contributed by atoms with Crippen molar-refractivity contribution >= 4 is 5.97 Å². The molecule has 1 N–H and O–H groups in total. The number of aromatic nitrogens is 2. The molecule has 6 nitrogen and oxygen atoms in total. The van der Waals surface area contributed by atoms with Crippen LogP contribution >= 0.6 is 0 Å². The lowest BCUT2D eigenvalue weighted by atomic mass is 9.94. The number of alkyl halides is 3. The molecule has 1 heterocycles. The smallest absolute Gasteiger partial charge is 0.419 e. The van der Waals surface area contributed by atoms with E-state index in [4.69, 9.17) is 14.4 Å². The minimum Gasteiger partial charge on any atom is -0.490 e. The van der Waals surface area contributed by atoms with Crippen LogP contribution in [0, 0.1) is 6.92 Å².